The van der Waals surface area contributed by atoms with Crippen molar-refractivity contribution >= 4 is 52.0 Å². The summed E-state index contributed by atoms with van der Waals surface area (Å²) in [7, 11) is 1.35. The molecule has 7 heteroatoms. The molecular formula is C18H14ClN3O3. The van der Waals surface area contributed by atoms with Crippen LogP contribution < -0.4 is 5.32 Å². The maximum absolute atomic E-state index is 11.5. The fourth-order valence-electron chi connectivity index (χ4n) is 2.56. The van der Waals surface area contributed by atoms with Crippen molar-refractivity contribution in [3.8, 4) is 0 Å². The first-order valence-electron chi connectivity index (χ1n) is 7.34. The van der Waals surface area contributed by atoms with E-state index in [0.717, 1.165) is 22.2 Å². The number of methoxy groups -OCH3 is 1. The maximum Gasteiger partial charge on any atom is 0.337 e. The number of carbonyl (C=O) groups is 1. The van der Waals surface area contributed by atoms with Gasteiger partial charge in [0.15, 0.2) is 11.4 Å². The molecule has 0 fully saturated rings. The van der Waals surface area contributed by atoms with Crippen molar-refractivity contribution in [3.63, 3.8) is 0 Å². The van der Waals surface area contributed by atoms with E-state index < -0.39 is 0 Å². The zero-order chi connectivity index (χ0) is 16.5. The van der Waals surface area contributed by atoms with Crippen molar-refractivity contribution in [1.82, 2.24) is 9.97 Å². The monoisotopic (exact) mass is 355 g/mol. The van der Waals surface area contributed by atoms with Crippen LogP contribution in [-0.4, -0.2) is 23.0 Å². The van der Waals surface area contributed by atoms with Crippen molar-refractivity contribution in [1.29, 1.82) is 0 Å². The first kappa shape index (κ1) is 16.7. The lowest BCUT2D eigenvalue weighted by Crippen LogP contribution is -2.01. The summed E-state index contributed by atoms with van der Waals surface area (Å²) in [5.74, 6) is 0.199. The van der Waals surface area contributed by atoms with Gasteiger partial charge in [0.1, 0.15) is 17.4 Å². The first-order chi connectivity index (χ1) is 11.8. The van der Waals surface area contributed by atoms with E-state index in [0.29, 0.717) is 17.0 Å². The average molecular weight is 356 g/mol. The molecule has 2 aromatic carbocycles. The van der Waals surface area contributed by atoms with Crippen LogP contribution in [0.4, 0.5) is 11.5 Å². The molecule has 0 aliphatic carbocycles. The lowest BCUT2D eigenvalue weighted by atomic mass is 10.2. The molecule has 0 aliphatic heterocycles. The van der Waals surface area contributed by atoms with E-state index in [2.05, 4.69) is 15.3 Å². The number of esters is 1. The summed E-state index contributed by atoms with van der Waals surface area (Å²) in [4.78, 5) is 20.1. The third kappa shape index (κ3) is 2.99. The average Bonchev–Trinajstić information content (AvgIpc) is 3.02. The molecule has 4 aromatic rings. The summed E-state index contributed by atoms with van der Waals surface area (Å²) in [6.45, 7) is 0. The van der Waals surface area contributed by atoms with Gasteiger partial charge in [-0.2, -0.15) is 0 Å². The van der Waals surface area contributed by atoms with Crippen molar-refractivity contribution < 1.29 is 13.9 Å². The molecule has 126 valence electrons. The highest BCUT2D eigenvalue weighted by molar-refractivity contribution is 6.05. The Labute approximate surface area is 149 Å². The molecule has 25 heavy (non-hydrogen) atoms. The number of nitrogens with zero attached hydrogens (tertiary/aromatic N) is 2. The van der Waals surface area contributed by atoms with Gasteiger partial charge in [-0.1, -0.05) is 12.1 Å². The lowest BCUT2D eigenvalue weighted by molar-refractivity contribution is 0.0601. The SMILES string of the molecule is COC(=O)c1ccc(Nc2ncnc3c2oc2ccccc23)cc1.Cl. The Balaban J connectivity index is 0.00000182. The lowest BCUT2D eigenvalue weighted by Gasteiger charge is -2.06. The number of anilines is 2. The van der Waals surface area contributed by atoms with Gasteiger partial charge in [0.25, 0.3) is 0 Å². The number of halogens is 1. The maximum atomic E-state index is 11.5. The van der Waals surface area contributed by atoms with Crippen molar-refractivity contribution in [3.05, 3.63) is 60.4 Å². The molecule has 0 amide bonds. The van der Waals surface area contributed by atoms with E-state index >= 15 is 0 Å². The van der Waals surface area contributed by atoms with E-state index in [4.69, 9.17) is 9.15 Å². The van der Waals surface area contributed by atoms with Gasteiger partial charge in [0.05, 0.1) is 12.7 Å². The predicted octanol–water partition coefficient (Wildman–Crippen LogP) is 4.33. The van der Waals surface area contributed by atoms with Gasteiger partial charge in [-0.25, -0.2) is 14.8 Å². The minimum absolute atomic E-state index is 0. The zero-order valence-electron chi connectivity index (χ0n) is 13.2. The minimum atomic E-state index is -0.372. The van der Waals surface area contributed by atoms with E-state index in [1.165, 1.54) is 13.4 Å². The number of nitrogens with one attached hydrogen (secondary N) is 1. The first-order valence-corrected chi connectivity index (χ1v) is 7.34. The van der Waals surface area contributed by atoms with Gasteiger partial charge in [-0.3, -0.25) is 0 Å². The van der Waals surface area contributed by atoms with Crippen LogP contribution in [0.5, 0.6) is 0 Å². The normalized spacial score (nSPS) is 10.4. The molecule has 0 saturated heterocycles. The fraction of sp³-hybridized carbons (Fsp3) is 0.0556. The van der Waals surface area contributed by atoms with Crippen LogP contribution in [-0.2, 0) is 4.74 Å². The number of hydrogen-bond acceptors (Lipinski definition) is 6. The molecule has 0 unspecified atom stereocenters. The molecule has 0 radical (unpaired) electrons. The quantitative estimate of drug-likeness (QED) is 0.551. The van der Waals surface area contributed by atoms with Crippen molar-refractivity contribution in [2.45, 2.75) is 0 Å². The standard InChI is InChI=1S/C18H13N3O3.ClH/c1-23-18(22)11-6-8-12(9-7-11)21-17-16-15(19-10-20-17)13-4-2-3-5-14(13)24-16;/h2-10H,1H3,(H,19,20,21);1H. The number of benzene rings is 2. The van der Waals surface area contributed by atoms with Crippen molar-refractivity contribution in [2.75, 3.05) is 12.4 Å². The van der Waals surface area contributed by atoms with Crippen LogP contribution in [0.3, 0.4) is 0 Å². The van der Waals surface area contributed by atoms with E-state index in [1.807, 2.05) is 24.3 Å². The van der Waals surface area contributed by atoms with Crippen LogP contribution in [0, 0.1) is 0 Å². The molecule has 2 aromatic heterocycles. The molecule has 0 aliphatic rings. The van der Waals surface area contributed by atoms with Crippen LogP contribution in [0.1, 0.15) is 10.4 Å². The second-order valence-electron chi connectivity index (χ2n) is 5.19. The van der Waals surface area contributed by atoms with Gasteiger partial charge in [0, 0.05) is 11.1 Å². The summed E-state index contributed by atoms with van der Waals surface area (Å²) in [5, 5.41) is 4.14. The summed E-state index contributed by atoms with van der Waals surface area (Å²) in [6, 6.07) is 14.6. The predicted molar refractivity (Wildman–Crippen MR) is 97.6 cm³/mol. The summed E-state index contributed by atoms with van der Waals surface area (Å²) in [5.41, 5.74) is 3.38. The van der Waals surface area contributed by atoms with Crippen LogP contribution in [0.2, 0.25) is 0 Å². The molecule has 6 nitrogen and oxygen atoms in total. The van der Waals surface area contributed by atoms with E-state index in [9.17, 15) is 4.79 Å². The number of rotatable bonds is 3. The zero-order valence-corrected chi connectivity index (χ0v) is 14.0. The van der Waals surface area contributed by atoms with Gasteiger partial charge in [-0.05, 0) is 36.4 Å². The third-order valence-electron chi connectivity index (χ3n) is 3.73. The number of furan rings is 1. The Morgan fingerprint density at radius 3 is 2.60 bits per heavy atom. The van der Waals surface area contributed by atoms with E-state index in [-0.39, 0.29) is 18.4 Å². The highest BCUT2D eigenvalue weighted by Crippen LogP contribution is 2.31. The highest BCUT2D eigenvalue weighted by Gasteiger charge is 2.13. The molecule has 0 spiro atoms. The van der Waals surface area contributed by atoms with Gasteiger partial charge < -0.3 is 14.5 Å². The Kier molecular flexibility index (Phi) is 4.54. The molecule has 0 atom stereocenters. The summed E-state index contributed by atoms with van der Waals surface area (Å²) >= 11 is 0. The fourth-order valence-corrected chi connectivity index (χ4v) is 2.56. The van der Waals surface area contributed by atoms with Gasteiger partial charge in [-0.15, -0.1) is 12.4 Å². The Bertz CT molecular complexity index is 1040. The highest BCUT2D eigenvalue weighted by atomic mass is 35.5. The Hall–Kier alpha value is -3.12. The smallest absolute Gasteiger partial charge is 0.337 e. The summed E-state index contributed by atoms with van der Waals surface area (Å²) in [6.07, 6.45) is 1.50. The second-order valence-corrected chi connectivity index (χ2v) is 5.19. The van der Waals surface area contributed by atoms with E-state index in [1.54, 1.807) is 24.3 Å². The van der Waals surface area contributed by atoms with Gasteiger partial charge >= 0.3 is 5.97 Å². The largest absolute Gasteiger partial charge is 0.465 e. The van der Waals surface area contributed by atoms with Gasteiger partial charge in [0.2, 0.25) is 0 Å². The number of fused-ring (bicyclic) bond motifs is 3. The molecular weight excluding hydrogens is 342 g/mol. The number of carbonyl (C=O) groups excluding carboxylic acids is 1. The minimum Gasteiger partial charge on any atom is -0.465 e. The number of ether oxygens (including phenoxy) is 1. The van der Waals surface area contributed by atoms with Crippen molar-refractivity contribution in [2.24, 2.45) is 0 Å². The van der Waals surface area contributed by atoms with Crippen LogP contribution in [0.15, 0.2) is 59.3 Å². The summed E-state index contributed by atoms with van der Waals surface area (Å²) < 4.78 is 10.6. The molecule has 2 heterocycles. The molecule has 1 N–H and O–H groups in total. The Morgan fingerprint density at radius 1 is 1.08 bits per heavy atom. The number of hydrogen-bond donors (Lipinski definition) is 1. The number of para-hydroxylation sites is 1. The molecule has 4 rings (SSSR count). The third-order valence-corrected chi connectivity index (χ3v) is 3.73. The topological polar surface area (TPSA) is 77.2 Å². The molecule has 0 saturated carbocycles. The van der Waals surface area contributed by atoms with Crippen LogP contribution >= 0.6 is 12.4 Å². The Morgan fingerprint density at radius 2 is 1.84 bits per heavy atom. The second kappa shape index (κ2) is 6.78. The van der Waals surface area contributed by atoms with Crippen LogP contribution in [0.25, 0.3) is 22.1 Å². The number of aromatic nitrogens is 2. The molecule has 0 bridgehead atoms.